The van der Waals surface area contributed by atoms with Crippen LogP contribution in [-0.2, 0) is 4.79 Å². The maximum absolute atomic E-state index is 11.9. The van der Waals surface area contributed by atoms with Crippen molar-refractivity contribution in [2.75, 3.05) is 0 Å². The van der Waals surface area contributed by atoms with Crippen molar-refractivity contribution in [1.82, 2.24) is 5.43 Å². The standard InChI is InChI=1S/C14H8Br2N2O3/c15-9-5-7(6-10(16)13(9)19)4-8-12(17-18-14(8)20)11-2-1-3-21-11/h1-6,19H,(H,18,20). The van der Waals surface area contributed by atoms with Crippen molar-refractivity contribution in [2.24, 2.45) is 5.10 Å². The van der Waals surface area contributed by atoms with E-state index in [9.17, 15) is 9.90 Å². The number of amides is 1. The summed E-state index contributed by atoms with van der Waals surface area (Å²) in [5, 5.41) is 13.7. The molecular formula is C14H8Br2N2O3. The van der Waals surface area contributed by atoms with Crippen LogP contribution < -0.4 is 5.43 Å². The minimum atomic E-state index is -0.304. The Kier molecular flexibility index (Phi) is 3.69. The quantitative estimate of drug-likeness (QED) is 0.743. The molecule has 1 aromatic heterocycles. The van der Waals surface area contributed by atoms with E-state index in [-0.39, 0.29) is 11.7 Å². The van der Waals surface area contributed by atoms with Gasteiger partial charge in [0.1, 0.15) is 11.5 Å². The molecular weight excluding hydrogens is 404 g/mol. The zero-order chi connectivity index (χ0) is 15.0. The Morgan fingerprint density at radius 2 is 2.00 bits per heavy atom. The SMILES string of the molecule is O=C1NN=C(c2ccco2)C1=Cc1cc(Br)c(O)c(Br)c1. The molecule has 1 aromatic carbocycles. The van der Waals surface area contributed by atoms with Gasteiger partial charge in [0.05, 0.1) is 20.8 Å². The number of furan rings is 1. The molecule has 0 atom stereocenters. The average molecular weight is 412 g/mol. The molecule has 2 N–H and O–H groups in total. The molecule has 0 spiro atoms. The van der Waals surface area contributed by atoms with Gasteiger partial charge in [0.2, 0.25) is 0 Å². The number of benzene rings is 1. The number of phenolic OH excluding ortho intramolecular Hbond substituents is 1. The first kappa shape index (κ1) is 14.1. The average Bonchev–Trinajstić information content (AvgIpc) is 3.07. The number of carbonyl (C=O) groups is 1. The highest BCUT2D eigenvalue weighted by molar-refractivity contribution is 9.11. The molecule has 3 rings (SSSR count). The van der Waals surface area contributed by atoms with E-state index < -0.39 is 0 Å². The Balaban J connectivity index is 2.05. The highest BCUT2D eigenvalue weighted by Gasteiger charge is 2.25. The summed E-state index contributed by atoms with van der Waals surface area (Å²) in [6, 6.07) is 6.87. The van der Waals surface area contributed by atoms with Crippen LogP contribution in [-0.4, -0.2) is 16.7 Å². The molecule has 2 aromatic rings. The van der Waals surface area contributed by atoms with Crippen molar-refractivity contribution in [3.05, 3.63) is 56.4 Å². The van der Waals surface area contributed by atoms with Crippen LogP contribution in [0.3, 0.4) is 0 Å². The molecule has 21 heavy (non-hydrogen) atoms. The van der Waals surface area contributed by atoms with Crippen LogP contribution in [0.4, 0.5) is 0 Å². The lowest BCUT2D eigenvalue weighted by Gasteiger charge is -2.04. The second-order valence-corrected chi connectivity index (χ2v) is 5.98. The number of phenols is 1. The molecule has 1 amide bonds. The third kappa shape index (κ3) is 2.66. The molecule has 2 heterocycles. The van der Waals surface area contributed by atoms with Gasteiger partial charge in [-0.25, -0.2) is 5.43 Å². The Hall–Kier alpha value is -1.86. The van der Waals surface area contributed by atoms with Crippen LogP contribution >= 0.6 is 31.9 Å². The van der Waals surface area contributed by atoms with Gasteiger partial charge < -0.3 is 9.52 Å². The first-order chi connectivity index (χ1) is 10.1. The smallest absolute Gasteiger partial charge is 0.273 e. The summed E-state index contributed by atoms with van der Waals surface area (Å²) < 4.78 is 6.33. The summed E-state index contributed by atoms with van der Waals surface area (Å²) in [5.74, 6) is 0.311. The third-order valence-electron chi connectivity index (χ3n) is 2.87. The van der Waals surface area contributed by atoms with Gasteiger partial charge >= 0.3 is 0 Å². The molecule has 0 radical (unpaired) electrons. The fourth-order valence-corrected chi connectivity index (χ4v) is 3.13. The number of hydrogen-bond acceptors (Lipinski definition) is 4. The number of hydrazone groups is 1. The number of carbonyl (C=O) groups excluding carboxylic acids is 1. The van der Waals surface area contributed by atoms with Crippen LogP contribution in [0.5, 0.6) is 5.75 Å². The molecule has 1 aliphatic heterocycles. The number of nitrogens with zero attached hydrogens (tertiary/aromatic N) is 1. The van der Waals surface area contributed by atoms with Crippen LogP contribution in [0.25, 0.3) is 6.08 Å². The summed E-state index contributed by atoms with van der Waals surface area (Å²) in [4.78, 5) is 11.9. The highest BCUT2D eigenvalue weighted by Crippen LogP contribution is 2.34. The lowest BCUT2D eigenvalue weighted by atomic mass is 10.0. The normalized spacial score (nSPS) is 16.2. The van der Waals surface area contributed by atoms with Crippen molar-refractivity contribution in [3.63, 3.8) is 0 Å². The molecule has 106 valence electrons. The van der Waals surface area contributed by atoms with Gasteiger partial charge in [0.25, 0.3) is 5.91 Å². The van der Waals surface area contributed by atoms with Crippen molar-refractivity contribution in [1.29, 1.82) is 0 Å². The maximum atomic E-state index is 11.9. The highest BCUT2D eigenvalue weighted by atomic mass is 79.9. The summed E-state index contributed by atoms with van der Waals surface area (Å²) in [5.41, 5.74) is 4.00. The molecule has 7 heteroatoms. The van der Waals surface area contributed by atoms with Crippen molar-refractivity contribution in [2.45, 2.75) is 0 Å². The first-order valence-electron chi connectivity index (χ1n) is 5.88. The molecule has 0 fully saturated rings. The predicted molar refractivity (Wildman–Crippen MR) is 84.9 cm³/mol. The van der Waals surface area contributed by atoms with E-state index in [0.717, 1.165) is 5.56 Å². The fourth-order valence-electron chi connectivity index (χ4n) is 1.90. The van der Waals surface area contributed by atoms with Gasteiger partial charge in [-0.3, -0.25) is 4.79 Å². The van der Waals surface area contributed by atoms with Crippen LogP contribution in [0, 0.1) is 0 Å². The summed E-state index contributed by atoms with van der Waals surface area (Å²) in [7, 11) is 0. The largest absolute Gasteiger partial charge is 0.506 e. The number of aromatic hydroxyl groups is 1. The lowest BCUT2D eigenvalue weighted by Crippen LogP contribution is -2.13. The van der Waals surface area contributed by atoms with Crippen molar-refractivity contribution < 1.29 is 14.3 Å². The van der Waals surface area contributed by atoms with Gasteiger partial charge in [0, 0.05) is 0 Å². The summed E-state index contributed by atoms with van der Waals surface area (Å²) in [6.45, 7) is 0. The van der Waals surface area contributed by atoms with E-state index in [1.165, 1.54) is 6.26 Å². The maximum Gasteiger partial charge on any atom is 0.273 e. The molecule has 0 aliphatic carbocycles. The van der Waals surface area contributed by atoms with Gasteiger partial charge in [-0.1, -0.05) is 0 Å². The van der Waals surface area contributed by atoms with E-state index in [2.05, 4.69) is 42.4 Å². The van der Waals surface area contributed by atoms with Gasteiger partial charge in [0.15, 0.2) is 5.76 Å². The van der Waals surface area contributed by atoms with Crippen LogP contribution in [0.1, 0.15) is 11.3 Å². The second-order valence-electron chi connectivity index (χ2n) is 4.27. The van der Waals surface area contributed by atoms with Crippen molar-refractivity contribution in [3.8, 4) is 5.75 Å². The molecule has 0 saturated carbocycles. The van der Waals surface area contributed by atoms with Gasteiger partial charge in [-0.2, -0.15) is 5.10 Å². The Bertz CT molecular complexity index is 757. The second kappa shape index (κ2) is 5.50. The Labute approximate surface area is 136 Å². The zero-order valence-electron chi connectivity index (χ0n) is 10.4. The third-order valence-corrected chi connectivity index (χ3v) is 4.08. The Morgan fingerprint density at radius 1 is 1.29 bits per heavy atom. The van der Waals surface area contributed by atoms with Gasteiger partial charge in [-0.05, 0) is 67.8 Å². The van der Waals surface area contributed by atoms with Crippen LogP contribution in [0.2, 0.25) is 0 Å². The minimum absolute atomic E-state index is 0.105. The van der Waals surface area contributed by atoms with E-state index in [4.69, 9.17) is 4.42 Å². The molecule has 5 nitrogen and oxygen atoms in total. The number of rotatable bonds is 2. The van der Waals surface area contributed by atoms with Crippen LogP contribution in [0.15, 0.2) is 54.6 Å². The Morgan fingerprint density at radius 3 is 2.62 bits per heavy atom. The van der Waals surface area contributed by atoms with E-state index in [0.29, 0.717) is 26.0 Å². The fraction of sp³-hybridized carbons (Fsp3) is 0. The number of halogens is 2. The molecule has 0 bridgehead atoms. The zero-order valence-corrected chi connectivity index (χ0v) is 13.6. The number of nitrogens with one attached hydrogen (secondary N) is 1. The predicted octanol–water partition coefficient (Wildman–Crippen LogP) is 3.43. The van der Waals surface area contributed by atoms with Gasteiger partial charge in [-0.15, -0.1) is 0 Å². The topological polar surface area (TPSA) is 74.8 Å². The van der Waals surface area contributed by atoms with E-state index in [1.54, 1.807) is 30.3 Å². The van der Waals surface area contributed by atoms with E-state index >= 15 is 0 Å². The van der Waals surface area contributed by atoms with E-state index in [1.807, 2.05) is 0 Å². The summed E-state index contributed by atoms with van der Waals surface area (Å²) in [6.07, 6.45) is 3.20. The minimum Gasteiger partial charge on any atom is -0.506 e. The molecule has 0 saturated heterocycles. The molecule has 0 unspecified atom stereocenters. The van der Waals surface area contributed by atoms with Crippen molar-refractivity contribution >= 4 is 49.6 Å². The first-order valence-corrected chi connectivity index (χ1v) is 7.47. The summed E-state index contributed by atoms with van der Waals surface area (Å²) >= 11 is 6.51. The monoisotopic (exact) mass is 410 g/mol. The molecule has 1 aliphatic rings. The number of hydrogen-bond donors (Lipinski definition) is 2. The lowest BCUT2D eigenvalue weighted by molar-refractivity contribution is -0.116.